The van der Waals surface area contributed by atoms with Crippen molar-refractivity contribution < 1.29 is 9.53 Å². The highest BCUT2D eigenvalue weighted by molar-refractivity contribution is 7.98. The monoisotopic (exact) mass is 477 g/mol. The number of hydrogen-bond acceptors (Lipinski definition) is 6. The molecule has 1 aromatic carbocycles. The van der Waals surface area contributed by atoms with Crippen LogP contribution in [0, 0.1) is 0 Å². The molecule has 10 heteroatoms. The van der Waals surface area contributed by atoms with Gasteiger partial charge in [-0.15, -0.1) is 0 Å². The van der Waals surface area contributed by atoms with Crippen LogP contribution in [0.1, 0.15) is 25.3 Å². The lowest BCUT2D eigenvalue weighted by atomic mass is 10.0. The third-order valence-electron chi connectivity index (χ3n) is 5.27. The molecule has 4 rings (SSSR count). The first-order chi connectivity index (χ1) is 14.9. The van der Waals surface area contributed by atoms with E-state index in [1.54, 1.807) is 6.20 Å². The minimum atomic E-state index is -0.153. The molecule has 0 aliphatic carbocycles. The van der Waals surface area contributed by atoms with Crippen molar-refractivity contribution in [2.45, 2.75) is 49.5 Å². The molecule has 2 aliphatic rings. The lowest BCUT2D eigenvalue weighted by Crippen LogP contribution is -2.54. The van der Waals surface area contributed by atoms with E-state index in [4.69, 9.17) is 28.6 Å². The molecule has 0 spiro atoms. The van der Waals surface area contributed by atoms with E-state index in [1.807, 2.05) is 18.4 Å². The molecular formula is C21H24ClN5O2S2. The van der Waals surface area contributed by atoms with Crippen molar-refractivity contribution in [1.82, 2.24) is 25.9 Å². The van der Waals surface area contributed by atoms with Crippen molar-refractivity contribution in [3.05, 3.63) is 35.0 Å². The van der Waals surface area contributed by atoms with Crippen LogP contribution < -0.4 is 20.7 Å². The number of benzene rings is 1. The second-order valence-electron chi connectivity index (χ2n) is 7.78. The second kappa shape index (κ2) is 9.58. The normalized spacial score (nSPS) is 22.2. The van der Waals surface area contributed by atoms with Crippen LogP contribution in [-0.2, 0) is 11.2 Å². The van der Waals surface area contributed by atoms with E-state index >= 15 is 0 Å². The van der Waals surface area contributed by atoms with Crippen LogP contribution in [0.4, 0.5) is 0 Å². The zero-order chi connectivity index (χ0) is 22.0. The van der Waals surface area contributed by atoms with Crippen molar-refractivity contribution >= 4 is 46.6 Å². The van der Waals surface area contributed by atoms with Crippen LogP contribution in [0.2, 0.25) is 5.02 Å². The molecule has 0 bridgehead atoms. The van der Waals surface area contributed by atoms with E-state index < -0.39 is 0 Å². The first-order valence-corrected chi connectivity index (χ1v) is 12.1. The summed E-state index contributed by atoms with van der Waals surface area (Å²) in [5.74, 6) is 0.661. The molecule has 3 heterocycles. The van der Waals surface area contributed by atoms with Crippen molar-refractivity contribution in [3.8, 4) is 17.0 Å². The Hall–Kier alpha value is -2.10. The zero-order valence-corrected chi connectivity index (χ0v) is 19.7. The topological polar surface area (TPSA) is 88.2 Å². The molecule has 3 N–H and O–H groups in total. The van der Waals surface area contributed by atoms with Crippen LogP contribution in [0.3, 0.4) is 0 Å². The number of rotatable bonds is 6. The standard InChI is InChI=1S/C21H24ClN5O2S2/c1-11-5-14(26-20(30)25-11)9-18(28)24-10-15-7-13-6-12(8-16(22)19(13)29-15)17-3-4-23-21(27-17)31-2/h3-4,6,8,11,14-15H,5,7,9-10H2,1-2H3,(H,24,28)(H2,25,26,30)/t11-,14+,15?/m1/s1. The van der Waals surface area contributed by atoms with Gasteiger partial charge in [0.05, 0.1) is 17.3 Å². The Kier molecular flexibility index (Phi) is 6.83. The third kappa shape index (κ3) is 5.39. The number of hydrogen-bond donors (Lipinski definition) is 3. The van der Waals surface area contributed by atoms with Gasteiger partial charge >= 0.3 is 0 Å². The number of halogens is 1. The SMILES string of the molecule is CSc1nccc(-c2cc(Cl)c3c(c2)CC(CNC(=O)C[C@@H]2C[C@@H](C)NC(=S)N2)O3)n1. The molecule has 2 aromatic rings. The Morgan fingerprint density at radius 1 is 1.42 bits per heavy atom. The summed E-state index contributed by atoms with van der Waals surface area (Å²) in [4.78, 5) is 21.2. The molecule has 1 aromatic heterocycles. The molecule has 1 amide bonds. The number of carbonyl (C=O) groups is 1. The number of nitrogens with zero attached hydrogens (tertiary/aromatic N) is 2. The predicted molar refractivity (Wildman–Crippen MR) is 127 cm³/mol. The summed E-state index contributed by atoms with van der Waals surface area (Å²) in [6, 6.07) is 6.09. The second-order valence-corrected chi connectivity index (χ2v) is 9.37. The van der Waals surface area contributed by atoms with Gasteiger partial charge in [0.15, 0.2) is 10.3 Å². The predicted octanol–water partition coefficient (Wildman–Crippen LogP) is 2.95. The summed E-state index contributed by atoms with van der Waals surface area (Å²) in [5, 5.41) is 11.1. The first kappa shape index (κ1) is 22.1. The Balaban J connectivity index is 1.35. The van der Waals surface area contributed by atoms with E-state index in [-0.39, 0.29) is 24.1 Å². The molecule has 1 saturated heterocycles. The Bertz CT molecular complexity index is 1010. The van der Waals surface area contributed by atoms with Gasteiger partial charge in [0.25, 0.3) is 0 Å². The fraction of sp³-hybridized carbons (Fsp3) is 0.429. The highest BCUT2D eigenvalue weighted by Gasteiger charge is 2.28. The van der Waals surface area contributed by atoms with Crippen molar-refractivity contribution in [3.63, 3.8) is 0 Å². The van der Waals surface area contributed by atoms with Gasteiger partial charge in [-0.3, -0.25) is 4.79 Å². The number of carbonyl (C=O) groups excluding carboxylic acids is 1. The molecule has 1 fully saturated rings. The molecule has 0 radical (unpaired) electrons. The summed E-state index contributed by atoms with van der Waals surface area (Å²) < 4.78 is 6.02. The van der Waals surface area contributed by atoms with Crippen LogP contribution in [-0.4, -0.2) is 52.0 Å². The van der Waals surface area contributed by atoms with Crippen molar-refractivity contribution in [2.75, 3.05) is 12.8 Å². The number of aromatic nitrogens is 2. The van der Waals surface area contributed by atoms with E-state index in [0.29, 0.717) is 40.4 Å². The number of fused-ring (bicyclic) bond motifs is 1. The zero-order valence-electron chi connectivity index (χ0n) is 17.3. The van der Waals surface area contributed by atoms with Gasteiger partial charge in [-0.1, -0.05) is 23.4 Å². The van der Waals surface area contributed by atoms with Gasteiger partial charge in [-0.2, -0.15) is 0 Å². The summed E-state index contributed by atoms with van der Waals surface area (Å²) in [6.07, 6.45) is 5.43. The molecule has 31 heavy (non-hydrogen) atoms. The lowest BCUT2D eigenvalue weighted by molar-refractivity contribution is -0.121. The molecule has 1 unspecified atom stereocenters. The van der Waals surface area contributed by atoms with Gasteiger partial charge < -0.3 is 20.7 Å². The minimum Gasteiger partial charge on any atom is -0.486 e. The van der Waals surface area contributed by atoms with Crippen LogP contribution in [0.25, 0.3) is 11.3 Å². The van der Waals surface area contributed by atoms with Gasteiger partial charge in [0, 0.05) is 42.2 Å². The summed E-state index contributed by atoms with van der Waals surface area (Å²) in [5.41, 5.74) is 2.77. The summed E-state index contributed by atoms with van der Waals surface area (Å²) in [7, 11) is 0. The smallest absolute Gasteiger partial charge is 0.222 e. The van der Waals surface area contributed by atoms with Crippen molar-refractivity contribution in [1.29, 1.82) is 0 Å². The maximum atomic E-state index is 12.4. The van der Waals surface area contributed by atoms with Gasteiger partial charge in [-0.05, 0) is 50.0 Å². The highest BCUT2D eigenvalue weighted by atomic mass is 35.5. The van der Waals surface area contributed by atoms with Crippen molar-refractivity contribution in [2.24, 2.45) is 0 Å². The van der Waals surface area contributed by atoms with Crippen LogP contribution in [0.15, 0.2) is 29.6 Å². The molecule has 3 atom stereocenters. The minimum absolute atomic E-state index is 0.0219. The third-order valence-corrected chi connectivity index (χ3v) is 6.35. The highest BCUT2D eigenvalue weighted by Crippen LogP contribution is 2.39. The number of nitrogens with one attached hydrogen (secondary N) is 3. The average molecular weight is 478 g/mol. The van der Waals surface area contributed by atoms with E-state index in [9.17, 15) is 4.79 Å². The van der Waals surface area contributed by atoms with E-state index in [2.05, 4.69) is 38.9 Å². The number of thioether (sulfide) groups is 1. The number of thiocarbonyl (C=S) groups is 1. The van der Waals surface area contributed by atoms with Gasteiger partial charge in [0.1, 0.15) is 11.9 Å². The van der Waals surface area contributed by atoms with Crippen LogP contribution in [0.5, 0.6) is 5.75 Å². The Labute approximate surface area is 196 Å². The average Bonchev–Trinajstić information content (AvgIpc) is 3.15. The molecular weight excluding hydrogens is 454 g/mol. The Morgan fingerprint density at radius 2 is 2.26 bits per heavy atom. The molecule has 2 aliphatic heterocycles. The maximum Gasteiger partial charge on any atom is 0.222 e. The fourth-order valence-corrected chi connectivity index (χ4v) is 4.91. The molecule has 164 valence electrons. The summed E-state index contributed by atoms with van der Waals surface area (Å²) in [6.45, 7) is 2.48. The first-order valence-electron chi connectivity index (χ1n) is 10.1. The summed E-state index contributed by atoms with van der Waals surface area (Å²) >= 11 is 13.2. The van der Waals surface area contributed by atoms with Gasteiger partial charge in [0.2, 0.25) is 5.91 Å². The molecule has 0 saturated carbocycles. The maximum absolute atomic E-state index is 12.4. The Morgan fingerprint density at radius 3 is 3.03 bits per heavy atom. The number of ether oxygens (including phenoxy) is 1. The molecule has 7 nitrogen and oxygen atoms in total. The van der Waals surface area contributed by atoms with E-state index in [1.165, 1.54) is 11.8 Å². The largest absolute Gasteiger partial charge is 0.486 e. The number of amides is 1. The fourth-order valence-electron chi connectivity index (χ4n) is 3.90. The van der Waals surface area contributed by atoms with E-state index in [0.717, 1.165) is 23.2 Å². The lowest BCUT2D eigenvalue weighted by Gasteiger charge is -2.30. The van der Waals surface area contributed by atoms with Gasteiger partial charge in [-0.25, -0.2) is 9.97 Å². The van der Waals surface area contributed by atoms with Crippen LogP contribution >= 0.6 is 35.6 Å². The quantitative estimate of drug-likeness (QED) is 0.332.